The summed E-state index contributed by atoms with van der Waals surface area (Å²) in [6, 6.07) is 9.80. The zero-order chi connectivity index (χ0) is 37.1. The van der Waals surface area contributed by atoms with Gasteiger partial charge in [-0.25, -0.2) is 43.4 Å². The number of amides is 4. The van der Waals surface area contributed by atoms with E-state index in [9.17, 15) is 44.2 Å². The summed E-state index contributed by atoms with van der Waals surface area (Å²) >= 11 is 0. The number of hydrogen-bond acceptors (Lipinski definition) is 14. The van der Waals surface area contributed by atoms with Crippen molar-refractivity contribution in [2.75, 3.05) is 21.3 Å². The van der Waals surface area contributed by atoms with E-state index in [0.29, 0.717) is 23.1 Å². The van der Waals surface area contributed by atoms with Gasteiger partial charge in [0, 0.05) is 56.4 Å². The first-order valence-electron chi connectivity index (χ1n) is 13.9. The molecule has 2 aromatic carbocycles. The van der Waals surface area contributed by atoms with Crippen LogP contribution in [0, 0.1) is 27.2 Å². The average Bonchev–Trinajstić information content (AvgIpc) is 3.81. The van der Waals surface area contributed by atoms with Gasteiger partial charge in [-0.3, -0.25) is 20.2 Å². The smallest absolute Gasteiger partial charge is 0.370 e. The molecule has 260 valence electrons. The lowest BCUT2D eigenvalue weighted by molar-refractivity contribution is -0.385. The van der Waals surface area contributed by atoms with Crippen molar-refractivity contribution in [2.24, 2.45) is 22.3 Å². The lowest BCUT2D eigenvalue weighted by Gasteiger charge is -2.24. The van der Waals surface area contributed by atoms with Gasteiger partial charge in [-0.15, -0.1) is 0 Å². The fourth-order valence-corrected chi connectivity index (χ4v) is 4.60. The van der Waals surface area contributed by atoms with Gasteiger partial charge in [-0.1, -0.05) is 10.2 Å². The number of imide groups is 1. The molecule has 2 aromatic heterocycles. The molecule has 2 aliphatic heterocycles. The number of nitro groups is 2. The average molecular weight is 695 g/mol. The predicted octanol–water partition coefficient (Wildman–Crippen LogP) is 2.60. The van der Waals surface area contributed by atoms with Crippen molar-refractivity contribution in [3.63, 3.8) is 0 Å². The highest BCUT2D eigenvalue weighted by atomic mass is 16.6. The quantitative estimate of drug-likeness (QED) is 0.160. The van der Waals surface area contributed by atoms with Gasteiger partial charge in [0.1, 0.15) is 5.84 Å². The van der Waals surface area contributed by atoms with E-state index in [4.69, 9.17) is 13.9 Å². The molecule has 0 N–H and O–H groups in total. The van der Waals surface area contributed by atoms with Crippen LogP contribution in [0.2, 0.25) is 0 Å². The Labute approximate surface area is 278 Å². The van der Waals surface area contributed by atoms with Crippen LogP contribution in [0.15, 0.2) is 77.8 Å². The van der Waals surface area contributed by atoms with Crippen LogP contribution in [-0.2, 0) is 22.2 Å². The Morgan fingerprint density at radius 2 is 1.36 bits per heavy atom. The maximum atomic E-state index is 12.6. The number of aryl methyl sites for hydroxylation is 1. The first-order chi connectivity index (χ1) is 23.6. The van der Waals surface area contributed by atoms with E-state index in [1.807, 2.05) is 0 Å². The van der Waals surface area contributed by atoms with Crippen LogP contribution in [0.25, 0.3) is 11.3 Å². The number of azo groups is 1. The Kier molecular flexibility index (Phi) is 9.95. The molecule has 0 saturated heterocycles. The van der Waals surface area contributed by atoms with E-state index in [0.717, 1.165) is 25.9 Å². The van der Waals surface area contributed by atoms with Gasteiger partial charge in [-0.2, -0.15) is 9.36 Å². The molecule has 22 heteroatoms. The molecule has 1 unspecified atom stereocenters. The molecule has 0 spiro atoms. The number of aliphatic imine (C=N–C) groups is 1. The number of carbonyl (C=O) groups is 3. The predicted molar refractivity (Wildman–Crippen MR) is 168 cm³/mol. The third kappa shape index (κ3) is 6.39. The Hall–Kier alpha value is -7.13. The van der Waals surface area contributed by atoms with Crippen LogP contribution in [0.1, 0.15) is 18.4 Å². The van der Waals surface area contributed by atoms with E-state index in [1.165, 1.54) is 64.5 Å². The highest BCUT2D eigenvalue weighted by Crippen LogP contribution is 2.33. The Morgan fingerprint density at radius 3 is 1.80 bits per heavy atom. The number of esters is 1. The SMILES string of the molecule is CN1C(=O)N=NC1=O.COC(=O)C1(c2ccc([N+](=O)[O-])cc2)N=C(C)n2c(=O)n(C)c(=O)n21.COc1oc(C)nc1-c1ccc([N+](=O)[O-])cc1. The molecule has 0 saturated carbocycles. The summed E-state index contributed by atoms with van der Waals surface area (Å²) in [4.78, 5) is 87.3. The number of ether oxygens (including phenoxy) is 2. The van der Waals surface area contributed by atoms with E-state index in [-0.39, 0.29) is 22.8 Å². The Balaban J connectivity index is 0.000000192. The molecular formula is C28H26N10O12. The fraction of sp³-hybridized carbons (Fsp3) is 0.250. The number of nitro benzene ring substituents is 2. The number of fused-ring (bicyclic) bond motifs is 1. The van der Waals surface area contributed by atoms with Crippen molar-refractivity contribution in [1.29, 1.82) is 0 Å². The van der Waals surface area contributed by atoms with E-state index in [1.54, 1.807) is 19.1 Å². The van der Waals surface area contributed by atoms with Gasteiger partial charge in [0.15, 0.2) is 11.6 Å². The number of nitrogens with zero attached hydrogens (tertiary/aromatic N) is 10. The summed E-state index contributed by atoms with van der Waals surface area (Å²) in [6.07, 6.45) is 0. The summed E-state index contributed by atoms with van der Waals surface area (Å²) in [6.45, 7) is 3.17. The van der Waals surface area contributed by atoms with Gasteiger partial charge >= 0.3 is 35.4 Å². The summed E-state index contributed by atoms with van der Waals surface area (Å²) in [5.74, 6) is -0.00217. The second-order valence-electron chi connectivity index (χ2n) is 10.1. The second-order valence-corrected chi connectivity index (χ2v) is 10.1. The number of non-ortho nitro benzene ring substituents is 2. The van der Waals surface area contributed by atoms with Crippen molar-refractivity contribution in [3.8, 4) is 17.2 Å². The zero-order valence-corrected chi connectivity index (χ0v) is 27.0. The number of methoxy groups -OCH3 is 2. The van der Waals surface area contributed by atoms with E-state index in [2.05, 4.69) is 20.2 Å². The van der Waals surface area contributed by atoms with Crippen LogP contribution in [0.3, 0.4) is 0 Å². The number of hydrogen-bond donors (Lipinski definition) is 0. The van der Waals surface area contributed by atoms with Crippen molar-refractivity contribution in [2.45, 2.75) is 19.5 Å². The minimum atomic E-state index is -1.97. The van der Waals surface area contributed by atoms with Gasteiger partial charge in [0.2, 0.25) is 0 Å². The molecule has 50 heavy (non-hydrogen) atoms. The topological polar surface area (TPSA) is 271 Å². The molecule has 0 aliphatic carbocycles. The highest BCUT2D eigenvalue weighted by Gasteiger charge is 2.51. The molecule has 4 amide bonds. The first kappa shape index (κ1) is 35.7. The lowest BCUT2D eigenvalue weighted by Crippen LogP contribution is -2.47. The number of oxazole rings is 1. The van der Waals surface area contributed by atoms with E-state index < -0.39 is 44.9 Å². The fourth-order valence-electron chi connectivity index (χ4n) is 4.60. The minimum Gasteiger partial charge on any atom is -0.467 e. The molecule has 1 atom stereocenters. The van der Waals surface area contributed by atoms with Crippen LogP contribution in [-0.4, -0.2) is 78.8 Å². The molecular weight excluding hydrogens is 668 g/mol. The zero-order valence-electron chi connectivity index (χ0n) is 27.0. The van der Waals surface area contributed by atoms with Crippen molar-refractivity contribution < 1.29 is 38.1 Å². The molecule has 0 bridgehead atoms. The van der Waals surface area contributed by atoms with Gasteiger partial charge in [0.05, 0.1) is 24.1 Å². The van der Waals surface area contributed by atoms with Gasteiger partial charge in [0.25, 0.3) is 17.0 Å². The monoisotopic (exact) mass is 694 g/mol. The summed E-state index contributed by atoms with van der Waals surface area (Å²) in [5, 5.41) is 27.3. The minimum absolute atomic E-state index is 0.0351. The molecule has 6 rings (SSSR count). The molecule has 22 nitrogen and oxygen atoms in total. The summed E-state index contributed by atoms with van der Waals surface area (Å²) < 4.78 is 17.8. The lowest BCUT2D eigenvalue weighted by atomic mass is 10.00. The third-order valence-corrected chi connectivity index (χ3v) is 7.06. The largest absolute Gasteiger partial charge is 0.467 e. The van der Waals surface area contributed by atoms with Crippen LogP contribution < -0.4 is 16.1 Å². The first-order valence-corrected chi connectivity index (χ1v) is 13.9. The van der Waals surface area contributed by atoms with Crippen LogP contribution in [0.5, 0.6) is 5.95 Å². The van der Waals surface area contributed by atoms with Gasteiger partial charge in [-0.05, 0) is 31.2 Å². The second kappa shape index (κ2) is 13.9. The number of carbonyl (C=O) groups excluding carboxylic acids is 3. The van der Waals surface area contributed by atoms with Crippen molar-refractivity contribution in [3.05, 3.63) is 101 Å². The summed E-state index contributed by atoms with van der Waals surface area (Å²) in [7, 11) is 5.20. The molecule has 4 heterocycles. The number of urea groups is 2. The maximum absolute atomic E-state index is 12.6. The van der Waals surface area contributed by atoms with Crippen molar-refractivity contribution >= 4 is 35.2 Å². The number of benzene rings is 2. The van der Waals surface area contributed by atoms with Crippen molar-refractivity contribution in [1.82, 2.24) is 23.8 Å². The standard InChI is InChI=1S/C14H13N5O6.C11H10N2O4.C3H3N3O2/c1-8-15-14(11(20)25-3,9-4-6-10(7-5-9)19(23)24)18-13(22)16(2)12(21)17(8)18;1-7-12-10(11(16-2)17-7)8-3-5-9(6-4-8)13(14)15;1-6-2(7)4-5-3(6)8/h4-7H,1-3H3;3-6H,1-2H3;1H3. The van der Waals surface area contributed by atoms with E-state index >= 15 is 0 Å². The Bertz CT molecular complexity index is 2170. The Morgan fingerprint density at radius 1 is 0.840 bits per heavy atom. The molecule has 0 radical (unpaired) electrons. The molecule has 0 fully saturated rings. The maximum Gasteiger partial charge on any atom is 0.370 e. The number of aromatic nitrogens is 4. The third-order valence-electron chi connectivity index (χ3n) is 7.06. The summed E-state index contributed by atoms with van der Waals surface area (Å²) in [5.41, 5.74) is -2.15. The molecule has 2 aliphatic rings. The van der Waals surface area contributed by atoms with Crippen LogP contribution >= 0.6 is 0 Å². The highest BCUT2D eigenvalue weighted by molar-refractivity contribution is 5.98. The van der Waals surface area contributed by atoms with Gasteiger partial charge < -0.3 is 13.9 Å². The molecule has 4 aromatic rings. The van der Waals surface area contributed by atoms with Crippen LogP contribution in [0.4, 0.5) is 21.0 Å². The number of rotatable bonds is 6. The normalized spacial score (nSPS) is 15.7.